The molecule has 1 fully saturated rings. The normalized spacial score (nSPS) is 21.9. The minimum atomic E-state index is -1.41. The monoisotopic (exact) mass is 242 g/mol. The third-order valence-electron chi connectivity index (χ3n) is 3.16. The van der Waals surface area contributed by atoms with Crippen LogP contribution in [0.15, 0.2) is 0 Å². The van der Waals surface area contributed by atoms with Gasteiger partial charge in [-0.3, -0.25) is 9.59 Å². The summed E-state index contributed by atoms with van der Waals surface area (Å²) < 4.78 is 9.86. The van der Waals surface area contributed by atoms with Crippen LogP contribution in [-0.4, -0.2) is 31.4 Å². The third kappa shape index (κ3) is 2.33. The second-order valence-corrected chi connectivity index (χ2v) is 4.05. The first-order chi connectivity index (χ1) is 8.13. The van der Waals surface area contributed by atoms with Crippen LogP contribution in [0.4, 0.5) is 0 Å². The average molecular weight is 242 g/mol. The van der Waals surface area contributed by atoms with Crippen LogP contribution < -0.4 is 0 Å². The molecule has 0 heterocycles. The molecule has 1 saturated carbocycles. The third-order valence-corrected chi connectivity index (χ3v) is 3.16. The van der Waals surface area contributed by atoms with Gasteiger partial charge in [0.05, 0.1) is 13.2 Å². The minimum absolute atomic E-state index is 0.186. The number of hydrogen-bond acceptors (Lipinski definition) is 5. The second-order valence-electron chi connectivity index (χ2n) is 4.05. The van der Waals surface area contributed by atoms with Crippen molar-refractivity contribution >= 4 is 18.2 Å². The first-order valence-electron chi connectivity index (χ1n) is 5.93. The molecule has 1 atom stereocenters. The summed E-state index contributed by atoms with van der Waals surface area (Å²) in [5.41, 5.74) is -1.41. The van der Waals surface area contributed by atoms with Gasteiger partial charge in [-0.15, -0.1) is 0 Å². The quantitative estimate of drug-likeness (QED) is 0.410. The van der Waals surface area contributed by atoms with Crippen molar-refractivity contribution in [2.75, 3.05) is 13.2 Å². The number of esters is 2. The van der Waals surface area contributed by atoms with Crippen molar-refractivity contribution in [3.63, 3.8) is 0 Å². The number of ether oxygens (including phenoxy) is 2. The van der Waals surface area contributed by atoms with Crippen molar-refractivity contribution in [1.29, 1.82) is 0 Å². The fraction of sp³-hybridized carbons (Fsp3) is 0.750. The molecule has 17 heavy (non-hydrogen) atoms. The zero-order chi connectivity index (χ0) is 12.9. The minimum Gasteiger partial charge on any atom is -0.465 e. The Kier molecular flexibility index (Phi) is 4.66. The summed E-state index contributed by atoms with van der Waals surface area (Å²) in [6.07, 6.45) is 2.18. The Morgan fingerprint density at radius 2 is 1.76 bits per heavy atom. The molecule has 5 nitrogen and oxygen atoms in total. The van der Waals surface area contributed by atoms with E-state index in [1.54, 1.807) is 13.8 Å². The number of carbonyl (C=O) groups excluding carboxylic acids is 3. The highest BCUT2D eigenvalue weighted by Crippen LogP contribution is 2.44. The molecule has 0 aromatic carbocycles. The van der Waals surface area contributed by atoms with Gasteiger partial charge >= 0.3 is 11.9 Å². The maximum Gasteiger partial charge on any atom is 0.324 e. The maximum absolute atomic E-state index is 12.0. The van der Waals surface area contributed by atoms with E-state index in [1.807, 2.05) is 0 Å². The predicted octanol–water partition coefficient (Wildman–Crippen LogP) is 1.10. The molecule has 0 unspecified atom stereocenters. The number of hydrogen-bond donors (Lipinski definition) is 0. The van der Waals surface area contributed by atoms with Crippen molar-refractivity contribution in [2.24, 2.45) is 11.3 Å². The highest BCUT2D eigenvalue weighted by molar-refractivity contribution is 6.03. The van der Waals surface area contributed by atoms with E-state index in [1.165, 1.54) is 0 Å². The van der Waals surface area contributed by atoms with Gasteiger partial charge in [0.25, 0.3) is 0 Å². The first kappa shape index (κ1) is 13.7. The molecular formula is C12H18O5. The summed E-state index contributed by atoms with van der Waals surface area (Å²) >= 11 is 0. The molecule has 0 aromatic heterocycles. The second kappa shape index (κ2) is 5.80. The van der Waals surface area contributed by atoms with Crippen LogP contribution in [0.5, 0.6) is 0 Å². The van der Waals surface area contributed by atoms with E-state index >= 15 is 0 Å². The van der Waals surface area contributed by atoms with Gasteiger partial charge < -0.3 is 14.3 Å². The summed E-state index contributed by atoms with van der Waals surface area (Å²) in [6.45, 7) is 3.71. The van der Waals surface area contributed by atoms with Crippen LogP contribution in [0.25, 0.3) is 0 Å². The van der Waals surface area contributed by atoms with Gasteiger partial charge in [0, 0.05) is 5.92 Å². The van der Waals surface area contributed by atoms with Gasteiger partial charge in [-0.1, -0.05) is 6.42 Å². The summed E-state index contributed by atoms with van der Waals surface area (Å²) in [5.74, 6) is -1.89. The molecule has 0 amide bonds. The highest BCUT2D eigenvalue weighted by Gasteiger charge is 2.57. The maximum atomic E-state index is 12.0. The number of carbonyl (C=O) groups is 3. The fourth-order valence-electron chi connectivity index (χ4n) is 2.33. The Labute approximate surface area is 100 Å². The van der Waals surface area contributed by atoms with E-state index in [0.29, 0.717) is 25.5 Å². The Morgan fingerprint density at radius 3 is 2.18 bits per heavy atom. The summed E-state index contributed by atoms with van der Waals surface area (Å²) in [5, 5.41) is 0. The smallest absolute Gasteiger partial charge is 0.324 e. The number of aldehydes is 1. The molecular weight excluding hydrogens is 224 g/mol. The van der Waals surface area contributed by atoms with Gasteiger partial charge in [0.15, 0.2) is 5.41 Å². The van der Waals surface area contributed by atoms with E-state index in [9.17, 15) is 14.4 Å². The fourth-order valence-corrected chi connectivity index (χ4v) is 2.33. The van der Waals surface area contributed by atoms with E-state index in [4.69, 9.17) is 9.47 Å². The first-order valence-corrected chi connectivity index (χ1v) is 5.93. The molecule has 0 aromatic rings. The van der Waals surface area contributed by atoms with Crippen molar-refractivity contribution < 1.29 is 23.9 Å². The largest absolute Gasteiger partial charge is 0.465 e. The topological polar surface area (TPSA) is 69.7 Å². The molecule has 1 aliphatic rings. The lowest BCUT2D eigenvalue weighted by molar-refractivity contribution is -0.175. The van der Waals surface area contributed by atoms with Crippen molar-refractivity contribution in [2.45, 2.75) is 33.1 Å². The molecule has 1 aliphatic carbocycles. The van der Waals surface area contributed by atoms with Gasteiger partial charge in [0.1, 0.15) is 6.29 Å². The number of rotatable bonds is 5. The zero-order valence-corrected chi connectivity index (χ0v) is 10.2. The van der Waals surface area contributed by atoms with Gasteiger partial charge in [0.2, 0.25) is 0 Å². The van der Waals surface area contributed by atoms with Crippen molar-refractivity contribution in [3.8, 4) is 0 Å². The van der Waals surface area contributed by atoms with E-state index in [0.717, 1.165) is 0 Å². The zero-order valence-electron chi connectivity index (χ0n) is 10.2. The van der Waals surface area contributed by atoms with Crippen LogP contribution in [0, 0.1) is 11.3 Å². The van der Waals surface area contributed by atoms with Crippen LogP contribution in [0.1, 0.15) is 33.1 Å². The molecule has 0 saturated heterocycles. The predicted molar refractivity (Wildman–Crippen MR) is 59.1 cm³/mol. The SMILES string of the molecule is CCOC(=O)C1(C(=O)OCC)CCC[C@@H]1C=O. The van der Waals surface area contributed by atoms with Crippen LogP contribution in [-0.2, 0) is 23.9 Å². The lowest BCUT2D eigenvalue weighted by Gasteiger charge is -2.27. The van der Waals surface area contributed by atoms with Gasteiger partial charge in [-0.05, 0) is 26.7 Å². The standard InChI is InChI=1S/C12H18O5/c1-3-16-10(14)12(11(15)17-4-2)7-5-6-9(12)8-13/h8-9H,3-7H2,1-2H3/t9-/m1/s1. The molecule has 1 rings (SSSR count). The Balaban J connectivity index is 3.03. The van der Waals surface area contributed by atoms with E-state index < -0.39 is 23.3 Å². The van der Waals surface area contributed by atoms with E-state index in [-0.39, 0.29) is 13.2 Å². The molecule has 0 bridgehead atoms. The molecule has 0 N–H and O–H groups in total. The van der Waals surface area contributed by atoms with Crippen LogP contribution in [0.3, 0.4) is 0 Å². The average Bonchev–Trinajstić information content (AvgIpc) is 2.74. The Bertz CT molecular complexity index is 292. The lowest BCUT2D eigenvalue weighted by Crippen LogP contribution is -2.45. The molecule has 0 aliphatic heterocycles. The molecule has 5 heteroatoms. The summed E-state index contributed by atoms with van der Waals surface area (Å²) in [7, 11) is 0. The van der Waals surface area contributed by atoms with Gasteiger partial charge in [-0.25, -0.2) is 0 Å². The lowest BCUT2D eigenvalue weighted by atomic mass is 9.78. The highest BCUT2D eigenvalue weighted by atomic mass is 16.6. The van der Waals surface area contributed by atoms with Crippen LogP contribution >= 0.6 is 0 Å². The molecule has 96 valence electrons. The van der Waals surface area contributed by atoms with Crippen LogP contribution in [0.2, 0.25) is 0 Å². The molecule has 0 radical (unpaired) electrons. The van der Waals surface area contributed by atoms with Crippen molar-refractivity contribution in [1.82, 2.24) is 0 Å². The molecule has 0 spiro atoms. The van der Waals surface area contributed by atoms with Gasteiger partial charge in [-0.2, -0.15) is 0 Å². The summed E-state index contributed by atoms with van der Waals surface area (Å²) in [6, 6.07) is 0. The Morgan fingerprint density at radius 1 is 1.24 bits per heavy atom. The van der Waals surface area contributed by atoms with E-state index in [2.05, 4.69) is 0 Å². The van der Waals surface area contributed by atoms with Crippen molar-refractivity contribution in [3.05, 3.63) is 0 Å². The summed E-state index contributed by atoms with van der Waals surface area (Å²) in [4.78, 5) is 35.0. The Hall–Kier alpha value is -1.39.